The van der Waals surface area contributed by atoms with Gasteiger partial charge in [-0.25, -0.2) is 19.2 Å². The van der Waals surface area contributed by atoms with Crippen LogP contribution in [0.1, 0.15) is 38.0 Å². The molecule has 220 valence electrons. The first kappa shape index (κ1) is 30.4. The third-order valence-electron chi connectivity index (χ3n) is 7.02. The number of rotatable bonds is 15. The number of carbonyl (C=O) groups excluding carboxylic acids is 1. The number of methoxy groups -OCH3 is 1. The van der Waals surface area contributed by atoms with Gasteiger partial charge in [-0.3, -0.25) is 9.32 Å². The number of aliphatic hydroxyl groups excluding tert-OH is 2. The Labute approximate surface area is 236 Å². The van der Waals surface area contributed by atoms with Crippen LogP contribution in [0, 0.1) is 16.7 Å². The number of anilines is 1. The fraction of sp³-hybridized carbons (Fsp3) is 0.462. The molecule has 0 bridgehead atoms. The molecule has 2 heterocycles. The van der Waals surface area contributed by atoms with Crippen LogP contribution in [0.2, 0.25) is 0 Å². The van der Waals surface area contributed by atoms with Crippen LogP contribution >= 0.6 is 7.75 Å². The fourth-order valence-electron chi connectivity index (χ4n) is 4.08. The minimum Gasteiger partial charge on any atom is -0.464 e. The van der Waals surface area contributed by atoms with E-state index in [4.69, 9.17) is 24.3 Å². The number of nitriles is 1. The maximum Gasteiger partial charge on any atom is 0.458 e. The normalized spacial score (nSPS) is 18.4. The first-order valence-electron chi connectivity index (χ1n) is 12.8. The lowest BCUT2D eigenvalue weighted by atomic mass is 9.89. The van der Waals surface area contributed by atoms with Crippen molar-refractivity contribution in [2.24, 2.45) is 5.41 Å². The van der Waals surface area contributed by atoms with Gasteiger partial charge in [-0.15, -0.1) is 0 Å². The third kappa shape index (κ3) is 6.84. The number of carbonyl (C=O) groups is 1. The van der Waals surface area contributed by atoms with Crippen molar-refractivity contribution < 1.29 is 38.1 Å². The minimum absolute atomic E-state index is 0.0768. The van der Waals surface area contributed by atoms with E-state index in [9.17, 15) is 24.8 Å². The Balaban J connectivity index is 1.52. The molecular weight excluding hydrogens is 555 g/mol. The average molecular weight is 589 g/mol. The number of nitrogens with two attached hydrogens (primary N) is 1. The maximum atomic E-state index is 13.8. The van der Waals surface area contributed by atoms with Gasteiger partial charge in [0.15, 0.2) is 5.82 Å². The highest BCUT2D eigenvalue weighted by Gasteiger charge is 2.47. The van der Waals surface area contributed by atoms with E-state index in [0.717, 1.165) is 12.8 Å². The van der Waals surface area contributed by atoms with Crippen LogP contribution in [-0.2, 0) is 23.4 Å². The van der Waals surface area contributed by atoms with Gasteiger partial charge in [-0.1, -0.05) is 18.2 Å². The number of para-hydroxylation sites is 1. The van der Waals surface area contributed by atoms with E-state index < -0.39 is 44.0 Å². The Hall–Kier alpha value is -3.57. The van der Waals surface area contributed by atoms with Crippen molar-refractivity contribution in [1.29, 1.82) is 5.26 Å². The molecule has 3 aromatic rings. The quantitative estimate of drug-likeness (QED) is 0.114. The number of nitrogens with one attached hydrogen (secondary N) is 1. The van der Waals surface area contributed by atoms with Crippen molar-refractivity contribution in [2.45, 2.75) is 44.0 Å². The Kier molecular flexibility index (Phi) is 9.28. The molecule has 41 heavy (non-hydrogen) atoms. The molecule has 1 aromatic carbocycles. The van der Waals surface area contributed by atoms with E-state index in [2.05, 4.69) is 15.2 Å². The molecule has 4 atom stereocenters. The van der Waals surface area contributed by atoms with Crippen LogP contribution < -0.4 is 15.3 Å². The molecule has 0 spiro atoms. The molecule has 14 nitrogen and oxygen atoms in total. The van der Waals surface area contributed by atoms with E-state index in [1.165, 1.54) is 24.0 Å². The van der Waals surface area contributed by atoms with Crippen molar-refractivity contribution in [1.82, 2.24) is 19.7 Å². The Morgan fingerprint density at radius 3 is 2.68 bits per heavy atom. The number of benzene rings is 1. The summed E-state index contributed by atoms with van der Waals surface area (Å²) in [6.07, 6.45) is -1.14. The minimum atomic E-state index is -4.20. The maximum absolute atomic E-state index is 13.8. The Morgan fingerprint density at radius 2 is 2.02 bits per heavy atom. The summed E-state index contributed by atoms with van der Waals surface area (Å²) in [6, 6.07) is 13.2. The van der Waals surface area contributed by atoms with E-state index in [-0.39, 0.29) is 36.4 Å². The van der Waals surface area contributed by atoms with E-state index >= 15 is 0 Å². The summed E-state index contributed by atoms with van der Waals surface area (Å²) in [5, 5.41) is 38.7. The molecule has 1 saturated carbocycles. The first-order valence-corrected chi connectivity index (χ1v) is 14.4. The smallest absolute Gasteiger partial charge is 0.458 e. The molecule has 0 amide bonds. The summed E-state index contributed by atoms with van der Waals surface area (Å²) >= 11 is 0. The highest BCUT2D eigenvalue weighted by molar-refractivity contribution is 7.52. The Bertz CT molecular complexity index is 1440. The number of ether oxygens (including phenoxy) is 2. The molecule has 15 heteroatoms. The lowest BCUT2D eigenvalue weighted by molar-refractivity contribution is -0.160. The van der Waals surface area contributed by atoms with Gasteiger partial charge in [0.05, 0.1) is 30.2 Å². The molecular formula is C26H33N6O8P. The molecule has 4 rings (SSSR count). The van der Waals surface area contributed by atoms with Crippen LogP contribution in [0.25, 0.3) is 5.52 Å². The van der Waals surface area contributed by atoms with Crippen LogP contribution in [0.3, 0.4) is 0 Å². The highest BCUT2D eigenvalue weighted by Crippen LogP contribution is 2.47. The molecule has 1 aliphatic rings. The standard InChI is InChI=1S/C26H33N6O8P/c1-25(10-11-25)24(35)38-15-14-31-41(36,40-18-6-4-3-5-7-18)39-16-26(37-2,12-13-27)22(34)21(33)19-8-9-20-23(28)29-17-30-32(19)20/h3-9,17,21-22,33-34H,10-12,14-16H2,1-2H3,(H,31,36)(H2,28,29,30)/t21-,22-,26+,41?/m0/s1. The first-order chi connectivity index (χ1) is 19.6. The van der Waals surface area contributed by atoms with Crippen molar-refractivity contribution in [3.05, 3.63) is 54.5 Å². The van der Waals surface area contributed by atoms with E-state index in [1.54, 1.807) is 36.4 Å². The Morgan fingerprint density at radius 1 is 1.29 bits per heavy atom. The van der Waals surface area contributed by atoms with Gasteiger partial charge in [0, 0.05) is 13.7 Å². The number of aliphatic hydroxyl groups is 2. The summed E-state index contributed by atoms with van der Waals surface area (Å²) in [5.74, 6) is 0.0356. The van der Waals surface area contributed by atoms with Gasteiger partial charge in [0.2, 0.25) is 0 Å². The summed E-state index contributed by atoms with van der Waals surface area (Å²) in [7, 11) is -2.98. The third-order valence-corrected chi connectivity index (χ3v) is 8.55. The zero-order chi connectivity index (χ0) is 29.7. The zero-order valence-electron chi connectivity index (χ0n) is 22.7. The topological polar surface area (TPSA) is 204 Å². The number of hydrogen-bond donors (Lipinski definition) is 4. The highest BCUT2D eigenvalue weighted by atomic mass is 31.2. The van der Waals surface area contributed by atoms with Crippen LogP contribution in [0.5, 0.6) is 5.75 Å². The largest absolute Gasteiger partial charge is 0.464 e. The lowest BCUT2D eigenvalue weighted by Crippen LogP contribution is -2.51. The number of nitrogens with zero attached hydrogens (tertiary/aromatic N) is 4. The van der Waals surface area contributed by atoms with Gasteiger partial charge in [0.25, 0.3) is 0 Å². The second-order valence-corrected chi connectivity index (χ2v) is 11.7. The van der Waals surface area contributed by atoms with Crippen LogP contribution in [0.15, 0.2) is 48.8 Å². The molecule has 0 saturated heterocycles. The summed E-state index contributed by atoms with van der Waals surface area (Å²) in [6.45, 7) is 1.01. The van der Waals surface area contributed by atoms with Gasteiger partial charge >= 0.3 is 13.7 Å². The fourth-order valence-corrected chi connectivity index (χ4v) is 5.45. The lowest BCUT2D eigenvalue weighted by Gasteiger charge is -2.37. The zero-order valence-corrected chi connectivity index (χ0v) is 23.6. The van der Waals surface area contributed by atoms with Crippen LogP contribution in [-0.4, -0.2) is 69.4 Å². The number of fused-ring (bicyclic) bond motifs is 1. The van der Waals surface area contributed by atoms with Crippen molar-refractivity contribution in [2.75, 3.05) is 32.6 Å². The van der Waals surface area contributed by atoms with Crippen LogP contribution in [0.4, 0.5) is 5.82 Å². The predicted molar refractivity (Wildman–Crippen MR) is 145 cm³/mol. The summed E-state index contributed by atoms with van der Waals surface area (Å²) in [5.41, 5.74) is 4.08. The average Bonchev–Trinajstić information content (AvgIpc) is 3.57. The van der Waals surface area contributed by atoms with E-state index in [0.29, 0.717) is 5.52 Å². The molecule has 1 unspecified atom stereocenters. The monoisotopic (exact) mass is 588 g/mol. The van der Waals surface area contributed by atoms with Gasteiger partial charge in [-0.05, 0) is 44.0 Å². The van der Waals surface area contributed by atoms with Crippen molar-refractivity contribution in [3.63, 3.8) is 0 Å². The van der Waals surface area contributed by atoms with Gasteiger partial charge in [-0.2, -0.15) is 10.4 Å². The number of nitrogen functional groups attached to an aromatic ring is 1. The molecule has 1 fully saturated rings. The van der Waals surface area contributed by atoms with Crippen molar-refractivity contribution in [3.8, 4) is 11.8 Å². The van der Waals surface area contributed by atoms with Crippen molar-refractivity contribution >= 4 is 25.1 Å². The number of hydrogen-bond acceptors (Lipinski definition) is 12. The van der Waals surface area contributed by atoms with Gasteiger partial charge in [0.1, 0.15) is 42.0 Å². The SMILES string of the molecule is CO[C@](CC#N)(COP(=O)(NCCOC(=O)C1(C)CC1)Oc1ccccc1)[C@@H](O)[C@@H](O)c1ccc2c(N)ncnn12. The molecule has 1 aliphatic carbocycles. The number of esters is 1. The molecule has 0 radical (unpaired) electrons. The molecule has 0 aliphatic heterocycles. The summed E-state index contributed by atoms with van der Waals surface area (Å²) in [4.78, 5) is 16.1. The predicted octanol–water partition coefficient (Wildman–Crippen LogP) is 2.14. The van der Waals surface area contributed by atoms with E-state index in [1.807, 2.05) is 13.0 Å². The molecule has 5 N–H and O–H groups in total. The molecule has 2 aromatic heterocycles. The second kappa shape index (κ2) is 12.5. The van der Waals surface area contributed by atoms with Gasteiger partial charge < -0.3 is 29.9 Å². The summed E-state index contributed by atoms with van der Waals surface area (Å²) < 4.78 is 37.3. The second-order valence-electron chi connectivity index (χ2n) is 9.97. The number of aromatic nitrogens is 3.